The Hall–Kier alpha value is -0.870. The van der Waals surface area contributed by atoms with Crippen molar-refractivity contribution in [2.45, 2.75) is 26.3 Å². The quantitative estimate of drug-likeness (QED) is 0.757. The molecular weight excluding hydrogens is 210 g/mol. The highest BCUT2D eigenvalue weighted by Crippen LogP contribution is 2.22. The van der Waals surface area contributed by atoms with Gasteiger partial charge in [0.05, 0.1) is 6.04 Å². The van der Waals surface area contributed by atoms with E-state index in [4.69, 9.17) is 5.73 Å². The van der Waals surface area contributed by atoms with Crippen molar-refractivity contribution in [3.8, 4) is 0 Å². The van der Waals surface area contributed by atoms with E-state index in [1.807, 2.05) is 5.38 Å². The molecule has 2 N–H and O–H groups in total. The van der Waals surface area contributed by atoms with Crippen molar-refractivity contribution < 1.29 is 9.53 Å². The Morgan fingerprint density at radius 3 is 2.93 bits per heavy atom. The molecule has 1 rings (SSSR count). The summed E-state index contributed by atoms with van der Waals surface area (Å²) in [5, 5.41) is 2.04. The number of hydrogen-bond donors (Lipinski definition) is 1. The lowest BCUT2D eigenvalue weighted by atomic mass is 10.1. The molecule has 0 aromatic carbocycles. The van der Waals surface area contributed by atoms with E-state index in [0.29, 0.717) is 12.4 Å². The molecule has 15 heavy (non-hydrogen) atoms. The number of thiophene rings is 1. The highest BCUT2D eigenvalue weighted by Gasteiger charge is 2.09. The van der Waals surface area contributed by atoms with E-state index in [9.17, 15) is 4.79 Å². The van der Waals surface area contributed by atoms with Crippen LogP contribution in [0.25, 0.3) is 0 Å². The van der Waals surface area contributed by atoms with Crippen LogP contribution in [-0.4, -0.2) is 13.1 Å². The summed E-state index contributed by atoms with van der Waals surface area (Å²) in [6.45, 7) is 5.06. The number of hydrogen-bond acceptors (Lipinski definition) is 4. The molecule has 1 unspecified atom stereocenters. The van der Waals surface area contributed by atoms with Crippen LogP contribution in [-0.2, 0) is 16.0 Å². The molecule has 0 fully saturated rings. The lowest BCUT2D eigenvalue weighted by Crippen LogP contribution is -2.15. The largest absolute Gasteiger partial charge is 0.466 e. The third kappa shape index (κ3) is 4.01. The smallest absolute Gasteiger partial charge is 0.293 e. The van der Waals surface area contributed by atoms with E-state index in [0.717, 1.165) is 12.0 Å². The first-order valence-electron chi connectivity index (χ1n) is 5.01. The van der Waals surface area contributed by atoms with Gasteiger partial charge in [-0.05, 0) is 29.3 Å². The van der Waals surface area contributed by atoms with Crippen LogP contribution >= 0.6 is 11.3 Å². The third-order valence-electron chi connectivity index (χ3n) is 2.06. The van der Waals surface area contributed by atoms with E-state index in [2.05, 4.69) is 24.7 Å². The van der Waals surface area contributed by atoms with Crippen LogP contribution in [0, 0.1) is 5.92 Å². The normalized spacial score (nSPS) is 12.8. The predicted octanol–water partition coefficient (Wildman–Crippen LogP) is 2.12. The first-order chi connectivity index (χ1) is 7.13. The molecule has 0 aliphatic carbocycles. The molecule has 0 radical (unpaired) electrons. The van der Waals surface area contributed by atoms with Gasteiger partial charge in [-0.2, -0.15) is 0 Å². The Morgan fingerprint density at radius 2 is 2.33 bits per heavy atom. The SMILES string of the molecule is CC(C)Cc1cc(C(N)COC=O)cs1. The second-order valence-electron chi connectivity index (χ2n) is 3.98. The fraction of sp³-hybridized carbons (Fsp3) is 0.545. The van der Waals surface area contributed by atoms with Crippen LogP contribution in [0.1, 0.15) is 30.3 Å². The summed E-state index contributed by atoms with van der Waals surface area (Å²) < 4.78 is 4.64. The van der Waals surface area contributed by atoms with Crippen molar-refractivity contribution >= 4 is 17.8 Å². The zero-order valence-corrected chi connectivity index (χ0v) is 9.92. The van der Waals surface area contributed by atoms with Crippen molar-refractivity contribution in [2.75, 3.05) is 6.61 Å². The molecule has 84 valence electrons. The van der Waals surface area contributed by atoms with Gasteiger partial charge in [0.25, 0.3) is 6.47 Å². The van der Waals surface area contributed by atoms with Gasteiger partial charge >= 0.3 is 0 Å². The summed E-state index contributed by atoms with van der Waals surface area (Å²) in [5.41, 5.74) is 6.90. The standard InChI is InChI=1S/C11H17NO2S/c1-8(2)3-10-4-9(6-15-10)11(12)5-14-7-13/h4,6-8,11H,3,5,12H2,1-2H3. The number of nitrogens with two attached hydrogens (primary N) is 1. The lowest BCUT2D eigenvalue weighted by molar-refractivity contribution is -0.129. The zero-order valence-electron chi connectivity index (χ0n) is 9.10. The summed E-state index contributed by atoms with van der Waals surface area (Å²) in [6, 6.07) is 1.90. The van der Waals surface area contributed by atoms with Crippen LogP contribution in [0.15, 0.2) is 11.4 Å². The molecule has 0 spiro atoms. The van der Waals surface area contributed by atoms with Crippen molar-refractivity contribution in [3.63, 3.8) is 0 Å². The van der Waals surface area contributed by atoms with Crippen LogP contribution in [0.2, 0.25) is 0 Å². The Labute approximate surface area is 94.2 Å². The molecule has 0 amide bonds. The second-order valence-corrected chi connectivity index (χ2v) is 4.98. The number of ether oxygens (including phenoxy) is 1. The number of carbonyl (C=O) groups is 1. The van der Waals surface area contributed by atoms with Crippen molar-refractivity contribution in [3.05, 3.63) is 21.9 Å². The van der Waals surface area contributed by atoms with E-state index >= 15 is 0 Å². The molecule has 1 aromatic heterocycles. The van der Waals surface area contributed by atoms with Crippen LogP contribution in [0.5, 0.6) is 0 Å². The third-order valence-corrected chi connectivity index (χ3v) is 3.03. The van der Waals surface area contributed by atoms with E-state index in [-0.39, 0.29) is 12.6 Å². The van der Waals surface area contributed by atoms with Crippen LogP contribution < -0.4 is 5.73 Å². The van der Waals surface area contributed by atoms with Gasteiger partial charge in [-0.3, -0.25) is 4.79 Å². The fourth-order valence-corrected chi connectivity index (χ4v) is 2.50. The molecule has 1 heterocycles. The molecule has 4 heteroatoms. The fourth-order valence-electron chi connectivity index (χ4n) is 1.34. The van der Waals surface area contributed by atoms with Gasteiger partial charge in [-0.1, -0.05) is 13.8 Å². The zero-order chi connectivity index (χ0) is 11.3. The predicted molar refractivity (Wildman–Crippen MR) is 61.8 cm³/mol. The Balaban J connectivity index is 2.54. The van der Waals surface area contributed by atoms with Gasteiger partial charge in [-0.25, -0.2) is 0 Å². The van der Waals surface area contributed by atoms with Gasteiger partial charge in [0.15, 0.2) is 0 Å². The highest BCUT2D eigenvalue weighted by atomic mass is 32.1. The average Bonchev–Trinajstić information content (AvgIpc) is 2.61. The molecule has 1 atom stereocenters. The lowest BCUT2D eigenvalue weighted by Gasteiger charge is -2.07. The van der Waals surface area contributed by atoms with Gasteiger partial charge in [0.2, 0.25) is 0 Å². The molecule has 0 bridgehead atoms. The van der Waals surface area contributed by atoms with Gasteiger partial charge in [-0.15, -0.1) is 11.3 Å². The molecule has 0 saturated heterocycles. The van der Waals surface area contributed by atoms with Crippen LogP contribution in [0.4, 0.5) is 0 Å². The van der Waals surface area contributed by atoms with Gasteiger partial charge in [0.1, 0.15) is 6.61 Å². The average molecular weight is 227 g/mol. The Morgan fingerprint density at radius 1 is 1.60 bits per heavy atom. The minimum Gasteiger partial charge on any atom is -0.466 e. The molecule has 0 aliphatic heterocycles. The van der Waals surface area contributed by atoms with Crippen molar-refractivity contribution in [2.24, 2.45) is 11.7 Å². The second kappa shape index (κ2) is 5.88. The molecular formula is C11H17NO2S. The minimum atomic E-state index is -0.202. The van der Waals surface area contributed by atoms with E-state index in [1.165, 1.54) is 4.88 Å². The first-order valence-corrected chi connectivity index (χ1v) is 5.89. The van der Waals surface area contributed by atoms with Crippen molar-refractivity contribution in [1.82, 2.24) is 0 Å². The summed E-state index contributed by atoms with van der Waals surface area (Å²) in [4.78, 5) is 11.4. The van der Waals surface area contributed by atoms with E-state index in [1.54, 1.807) is 11.3 Å². The van der Waals surface area contributed by atoms with E-state index < -0.39 is 0 Å². The van der Waals surface area contributed by atoms with Gasteiger partial charge < -0.3 is 10.5 Å². The maximum atomic E-state index is 10.0. The summed E-state index contributed by atoms with van der Waals surface area (Å²) in [7, 11) is 0. The van der Waals surface area contributed by atoms with Crippen molar-refractivity contribution in [1.29, 1.82) is 0 Å². The maximum absolute atomic E-state index is 10.0. The summed E-state index contributed by atoms with van der Waals surface area (Å²) >= 11 is 1.72. The van der Waals surface area contributed by atoms with Gasteiger partial charge in [0, 0.05) is 4.88 Å². The number of carbonyl (C=O) groups excluding carboxylic acids is 1. The molecule has 1 aromatic rings. The molecule has 3 nitrogen and oxygen atoms in total. The maximum Gasteiger partial charge on any atom is 0.293 e. The first kappa shape index (κ1) is 12.2. The molecule has 0 saturated carbocycles. The Bertz CT molecular complexity index is 309. The highest BCUT2D eigenvalue weighted by molar-refractivity contribution is 7.10. The topological polar surface area (TPSA) is 52.3 Å². The number of rotatable bonds is 6. The minimum absolute atomic E-state index is 0.202. The summed E-state index contributed by atoms with van der Waals surface area (Å²) in [5.74, 6) is 0.652. The summed E-state index contributed by atoms with van der Waals surface area (Å²) in [6.07, 6.45) is 1.08. The molecule has 0 aliphatic rings. The Kier molecular flexibility index (Phi) is 4.78. The van der Waals surface area contributed by atoms with Crippen LogP contribution in [0.3, 0.4) is 0 Å². The monoisotopic (exact) mass is 227 g/mol.